The lowest BCUT2D eigenvalue weighted by atomic mass is 9.97. The molecule has 10 heteroatoms. The largest absolute Gasteiger partial charge is 0.449 e. The molecule has 0 aliphatic heterocycles. The third-order valence-corrected chi connectivity index (χ3v) is 5.54. The van der Waals surface area contributed by atoms with Crippen molar-refractivity contribution >= 4 is 16.9 Å². The summed E-state index contributed by atoms with van der Waals surface area (Å²) >= 11 is 0. The van der Waals surface area contributed by atoms with Crippen LogP contribution in [-0.4, -0.2) is 30.6 Å². The lowest BCUT2D eigenvalue weighted by Gasteiger charge is -2.20. The predicted octanol–water partition coefficient (Wildman–Crippen LogP) is 4.74. The van der Waals surface area contributed by atoms with Crippen LogP contribution in [0.3, 0.4) is 0 Å². The molecule has 1 unspecified atom stereocenters. The third-order valence-electron chi connectivity index (χ3n) is 5.54. The van der Waals surface area contributed by atoms with Gasteiger partial charge in [-0.1, -0.05) is 48.5 Å². The van der Waals surface area contributed by atoms with Gasteiger partial charge < -0.3 is 10.3 Å². The first-order valence-corrected chi connectivity index (χ1v) is 10.7. The molecule has 7 nitrogen and oxygen atoms in total. The Hall–Kier alpha value is -4.47. The molecule has 0 spiro atoms. The van der Waals surface area contributed by atoms with Crippen molar-refractivity contribution in [1.82, 2.24) is 30.0 Å². The number of carbonyl (C=O) groups excluding carboxylic acids is 1. The Bertz CT molecular complexity index is 1440. The molecule has 0 saturated carbocycles. The first kappa shape index (κ1) is 22.3. The first-order chi connectivity index (χ1) is 16.9. The molecule has 0 aliphatic rings. The Morgan fingerprint density at radius 1 is 1.00 bits per heavy atom. The van der Waals surface area contributed by atoms with Crippen LogP contribution in [0.15, 0.2) is 85.5 Å². The van der Waals surface area contributed by atoms with Gasteiger partial charge in [0.2, 0.25) is 5.82 Å². The Balaban J connectivity index is 1.42. The predicted molar refractivity (Wildman–Crippen MR) is 122 cm³/mol. The van der Waals surface area contributed by atoms with Gasteiger partial charge in [-0.25, -0.2) is 14.6 Å². The van der Waals surface area contributed by atoms with E-state index in [2.05, 4.69) is 25.4 Å². The number of amides is 1. The number of hydrogen-bond acceptors (Lipinski definition) is 4. The van der Waals surface area contributed by atoms with Gasteiger partial charge in [-0.2, -0.15) is 18.3 Å². The first-order valence-electron chi connectivity index (χ1n) is 10.7. The summed E-state index contributed by atoms with van der Waals surface area (Å²) in [7, 11) is 0. The number of nitrogens with zero attached hydrogens (tertiary/aromatic N) is 4. The second-order valence-electron chi connectivity index (χ2n) is 7.97. The summed E-state index contributed by atoms with van der Waals surface area (Å²) < 4.78 is 40.9. The molecule has 0 fully saturated rings. The molecule has 176 valence electrons. The topological polar surface area (TPSA) is 88.5 Å². The molecule has 0 bridgehead atoms. The van der Waals surface area contributed by atoms with E-state index in [4.69, 9.17) is 0 Å². The van der Waals surface area contributed by atoms with E-state index in [0.717, 1.165) is 11.1 Å². The fourth-order valence-corrected chi connectivity index (χ4v) is 3.82. The van der Waals surface area contributed by atoms with Crippen LogP contribution < -0.4 is 5.32 Å². The summed E-state index contributed by atoms with van der Waals surface area (Å²) in [5.74, 6) is -1.37. The second kappa shape index (κ2) is 9.05. The molecule has 2 N–H and O–H groups in total. The minimum Gasteiger partial charge on any atom is -0.341 e. The number of fused-ring (bicyclic) bond motifs is 1. The Morgan fingerprint density at radius 3 is 2.46 bits per heavy atom. The molecule has 1 atom stereocenters. The fraction of sp³-hybridized carbons (Fsp3) is 0.120. The average molecular weight is 476 g/mol. The summed E-state index contributed by atoms with van der Waals surface area (Å²) in [5.41, 5.74) is 3.26. The van der Waals surface area contributed by atoms with Crippen molar-refractivity contribution in [3.63, 3.8) is 0 Å². The Kier molecular flexibility index (Phi) is 5.77. The molecule has 0 radical (unpaired) electrons. The highest BCUT2D eigenvalue weighted by molar-refractivity contribution is 5.94. The van der Waals surface area contributed by atoms with E-state index in [0.29, 0.717) is 17.7 Å². The standard InChI is InChI=1S/C25H19F3N6O/c26-25(27,28)24-31-20-11-10-19(12-21(20)32-24)22(17-4-2-1-3-5-17)33-23(35)18-8-6-16(7-9-18)13-34-15-29-14-30-34/h1-12,14-15,22H,13H2,(H,31,32)(H,33,35). The van der Waals surface area contributed by atoms with E-state index in [9.17, 15) is 18.0 Å². The highest BCUT2D eigenvalue weighted by atomic mass is 19.4. The van der Waals surface area contributed by atoms with Gasteiger partial charge in [-0.15, -0.1) is 0 Å². The molecule has 0 saturated heterocycles. The number of nitrogens with one attached hydrogen (secondary N) is 2. The number of alkyl halides is 3. The van der Waals surface area contributed by atoms with Gasteiger partial charge in [0, 0.05) is 5.56 Å². The highest BCUT2D eigenvalue weighted by Gasteiger charge is 2.34. The minimum absolute atomic E-state index is 0.196. The van der Waals surface area contributed by atoms with Crippen LogP contribution in [0.25, 0.3) is 11.0 Å². The van der Waals surface area contributed by atoms with Gasteiger partial charge in [0.1, 0.15) is 12.7 Å². The van der Waals surface area contributed by atoms with Crippen LogP contribution in [0.5, 0.6) is 0 Å². The maximum atomic E-state index is 13.1. The van der Waals surface area contributed by atoms with Crippen molar-refractivity contribution in [2.45, 2.75) is 18.8 Å². The van der Waals surface area contributed by atoms with Crippen molar-refractivity contribution < 1.29 is 18.0 Å². The van der Waals surface area contributed by atoms with Crippen LogP contribution in [0.2, 0.25) is 0 Å². The van der Waals surface area contributed by atoms with Crippen molar-refractivity contribution in [3.8, 4) is 0 Å². The van der Waals surface area contributed by atoms with Gasteiger partial charge >= 0.3 is 6.18 Å². The summed E-state index contributed by atoms with van der Waals surface area (Å²) in [4.78, 5) is 23.0. The van der Waals surface area contributed by atoms with Gasteiger partial charge in [0.15, 0.2) is 0 Å². The summed E-state index contributed by atoms with van der Waals surface area (Å²) in [6.07, 6.45) is -1.51. The maximum absolute atomic E-state index is 13.1. The normalized spacial score (nSPS) is 12.5. The summed E-state index contributed by atoms with van der Waals surface area (Å²) in [5, 5.41) is 7.08. The molecular formula is C25H19F3N6O. The van der Waals surface area contributed by atoms with E-state index < -0.39 is 18.0 Å². The quantitative estimate of drug-likeness (QED) is 0.371. The van der Waals surface area contributed by atoms with Crippen LogP contribution in [0.4, 0.5) is 13.2 Å². The number of carbonyl (C=O) groups is 1. The zero-order valence-electron chi connectivity index (χ0n) is 18.2. The second-order valence-corrected chi connectivity index (χ2v) is 7.97. The van der Waals surface area contributed by atoms with Gasteiger partial charge in [-0.3, -0.25) is 4.79 Å². The molecule has 5 rings (SSSR count). The monoisotopic (exact) mass is 476 g/mol. The van der Waals surface area contributed by atoms with Crippen molar-refractivity contribution in [2.75, 3.05) is 0 Å². The van der Waals surface area contributed by atoms with E-state index in [-0.39, 0.29) is 16.9 Å². The molecule has 1 amide bonds. The molecule has 35 heavy (non-hydrogen) atoms. The van der Waals surface area contributed by atoms with E-state index >= 15 is 0 Å². The lowest BCUT2D eigenvalue weighted by Crippen LogP contribution is -2.29. The Labute approximate surface area is 197 Å². The summed E-state index contributed by atoms with van der Waals surface area (Å²) in [6, 6.07) is 20.5. The zero-order chi connectivity index (χ0) is 24.4. The zero-order valence-corrected chi connectivity index (χ0v) is 18.2. The Morgan fingerprint density at radius 2 is 1.77 bits per heavy atom. The number of rotatable bonds is 6. The SMILES string of the molecule is O=C(NC(c1ccccc1)c1ccc2nc(C(F)(F)F)[nH]c2c1)c1ccc(Cn2cncn2)cc1. The molecular weight excluding hydrogens is 457 g/mol. The average Bonchev–Trinajstić information content (AvgIpc) is 3.53. The van der Waals surface area contributed by atoms with Crippen LogP contribution in [-0.2, 0) is 12.7 Å². The molecule has 2 aromatic heterocycles. The number of H-pyrrole nitrogens is 1. The molecule has 2 heterocycles. The number of hydrogen-bond donors (Lipinski definition) is 2. The van der Waals surface area contributed by atoms with E-state index in [1.807, 2.05) is 42.5 Å². The highest BCUT2D eigenvalue weighted by Crippen LogP contribution is 2.30. The summed E-state index contributed by atoms with van der Waals surface area (Å²) in [6.45, 7) is 0.526. The smallest absolute Gasteiger partial charge is 0.341 e. The molecule has 3 aromatic carbocycles. The van der Waals surface area contributed by atoms with E-state index in [1.54, 1.807) is 35.3 Å². The van der Waals surface area contributed by atoms with Crippen molar-refractivity contribution in [1.29, 1.82) is 0 Å². The number of imidazole rings is 1. The third kappa shape index (κ3) is 4.91. The van der Waals surface area contributed by atoms with E-state index in [1.165, 1.54) is 12.4 Å². The van der Waals surface area contributed by atoms with Crippen LogP contribution in [0, 0.1) is 0 Å². The number of benzene rings is 3. The van der Waals surface area contributed by atoms with Crippen molar-refractivity contribution in [2.24, 2.45) is 0 Å². The van der Waals surface area contributed by atoms with Crippen LogP contribution in [0.1, 0.15) is 38.9 Å². The van der Waals surface area contributed by atoms with Gasteiger partial charge in [0.25, 0.3) is 5.91 Å². The lowest BCUT2D eigenvalue weighted by molar-refractivity contribution is -0.144. The molecule has 0 aliphatic carbocycles. The maximum Gasteiger partial charge on any atom is 0.449 e. The van der Waals surface area contributed by atoms with Gasteiger partial charge in [0.05, 0.1) is 23.6 Å². The van der Waals surface area contributed by atoms with Crippen LogP contribution >= 0.6 is 0 Å². The number of aromatic nitrogens is 5. The fourth-order valence-electron chi connectivity index (χ4n) is 3.82. The van der Waals surface area contributed by atoms with Gasteiger partial charge in [-0.05, 0) is 41.0 Å². The van der Waals surface area contributed by atoms with Crippen molar-refractivity contribution in [3.05, 3.63) is 114 Å². The molecule has 5 aromatic rings. The number of aromatic amines is 1. The minimum atomic E-state index is -4.58. The number of halogens is 3.